The Morgan fingerprint density at radius 2 is 2.15 bits per heavy atom. The first kappa shape index (κ1) is 9.47. The molecular weight excluding hydrogens is 162 g/mol. The van der Waals surface area contributed by atoms with E-state index < -0.39 is 0 Å². The molecule has 2 fully saturated rings. The smallest absolute Gasteiger partial charge is 0.0753 e. The van der Waals surface area contributed by atoms with Crippen molar-refractivity contribution >= 4 is 0 Å². The van der Waals surface area contributed by atoms with Crippen molar-refractivity contribution in [3.8, 4) is 0 Å². The van der Waals surface area contributed by atoms with Gasteiger partial charge in [0.15, 0.2) is 0 Å². The zero-order valence-electron chi connectivity index (χ0n) is 9.05. The standard InChI is InChI=1S/C11H21NO/c1-9-6-10(9)7-12-4-5-13-11(2,3)8-12/h9-10H,4-8H2,1-3H3. The van der Waals surface area contributed by atoms with Crippen molar-refractivity contribution in [2.24, 2.45) is 11.8 Å². The molecule has 1 heterocycles. The van der Waals surface area contributed by atoms with E-state index in [0.29, 0.717) is 0 Å². The van der Waals surface area contributed by atoms with E-state index in [2.05, 4.69) is 25.7 Å². The van der Waals surface area contributed by atoms with Gasteiger partial charge in [-0.25, -0.2) is 0 Å². The molecule has 2 rings (SSSR count). The molecule has 0 amide bonds. The molecule has 2 unspecified atom stereocenters. The molecular formula is C11H21NO. The fourth-order valence-corrected chi connectivity index (χ4v) is 2.26. The van der Waals surface area contributed by atoms with E-state index >= 15 is 0 Å². The summed E-state index contributed by atoms with van der Waals surface area (Å²) in [5.41, 5.74) is 0.0797. The summed E-state index contributed by atoms with van der Waals surface area (Å²) in [5.74, 6) is 1.96. The summed E-state index contributed by atoms with van der Waals surface area (Å²) in [6.45, 7) is 11.2. The summed E-state index contributed by atoms with van der Waals surface area (Å²) in [7, 11) is 0. The van der Waals surface area contributed by atoms with Crippen molar-refractivity contribution < 1.29 is 4.74 Å². The van der Waals surface area contributed by atoms with E-state index in [1.807, 2.05) is 0 Å². The Bertz CT molecular complexity index is 191. The molecule has 0 bridgehead atoms. The Morgan fingerprint density at radius 3 is 2.69 bits per heavy atom. The highest BCUT2D eigenvalue weighted by Crippen LogP contribution is 2.38. The maximum Gasteiger partial charge on any atom is 0.0753 e. The first-order valence-electron chi connectivity index (χ1n) is 5.43. The van der Waals surface area contributed by atoms with Gasteiger partial charge in [0.1, 0.15) is 0 Å². The van der Waals surface area contributed by atoms with Crippen LogP contribution in [0.25, 0.3) is 0 Å². The maximum atomic E-state index is 5.68. The third kappa shape index (κ3) is 2.44. The van der Waals surface area contributed by atoms with Crippen molar-refractivity contribution in [2.75, 3.05) is 26.2 Å². The van der Waals surface area contributed by atoms with Gasteiger partial charge >= 0.3 is 0 Å². The van der Waals surface area contributed by atoms with Crippen LogP contribution in [0.1, 0.15) is 27.2 Å². The van der Waals surface area contributed by atoms with E-state index in [4.69, 9.17) is 4.74 Å². The fourth-order valence-electron chi connectivity index (χ4n) is 2.26. The van der Waals surface area contributed by atoms with Crippen LogP contribution in [0.4, 0.5) is 0 Å². The summed E-state index contributed by atoms with van der Waals surface area (Å²) >= 11 is 0. The second-order valence-electron chi connectivity index (χ2n) is 5.32. The quantitative estimate of drug-likeness (QED) is 0.646. The third-order valence-electron chi connectivity index (χ3n) is 3.27. The molecule has 2 heteroatoms. The van der Waals surface area contributed by atoms with Crippen LogP contribution in [0.2, 0.25) is 0 Å². The first-order chi connectivity index (χ1) is 6.07. The minimum absolute atomic E-state index is 0.0797. The van der Waals surface area contributed by atoms with Gasteiger partial charge in [0.25, 0.3) is 0 Å². The van der Waals surface area contributed by atoms with Crippen LogP contribution in [0.15, 0.2) is 0 Å². The number of nitrogens with zero attached hydrogens (tertiary/aromatic N) is 1. The summed E-state index contributed by atoms with van der Waals surface area (Å²) in [6.07, 6.45) is 1.44. The monoisotopic (exact) mass is 183 g/mol. The third-order valence-corrected chi connectivity index (χ3v) is 3.27. The molecule has 0 N–H and O–H groups in total. The molecule has 0 radical (unpaired) electrons. The van der Waals surface area contributed by atoms with E-state index in [9.17, 15) is 0 Å². The normalized spacial score (nSPS) is 39.0. The predicted molar refractivity (Wildman–Crippen MR) is 53.7 cm³/mol. The van der Waals surface area contributed by atoms with Crippen LogP contribution in [-0.4, -0.2) is 36.7 Å². The first-order valence-corrected chi connectivity index (χ1v) is 5.43. The Hall–Kier alpha value is -0.0800. The van der Waals surface area contributed by atoms with Gasteiger partial charge in [-0.15, -0.1) is 0 Å². The van der Waals surface area contributed by atoms with Gasteiger partial charge in [0.2, 0.25) is 0 Å². The van der Waals surface area contributed by atoms with Gasteiger partial charge in [-0.2, -0.15) is 0 Å². The molecule has 13 heavy (non-hydrogen) atoms. The molecule has 2 atom stereocenters. The molecule has 2 aliphatic rings. The summed E-state index contributed by atoms with van der Waals surface area (Å²) < 4.78 is 5.68. The summed E-state index contributed by atoms with van der Waals surface area (Å²) in [6, 6.07) is 0. The van der Waals surface area contributed by atoms with Gasteiger partial charge in [-0.05, 0) is 32.1 Å². The van der Waals surface area contributed by atoms with Gasteiger partial charge in [-0.1, -0.05) is 6.92 Å². The second kappa shape index (κ2) is 3.25. The lowest BCUT2D eigenvalue weighted by Gasteiger charge is -2.38. The predicted octanol–water partition coefficient (Wildman–Crippen LogP) is 1.75. The molecule has 2 nitrogen and oxygen atoms in total. The molecule has 1 saturated carbocycles. The van der Waals surface area contributed by atoms with Gasteiger partial charge < -0.3 is 4.74 Å². The van der Waals surface area contributed by atoms with Crippen LogP contribution in [0.5, 0.6) is 0 Å². The van der Waals surface area contributed by atoms with Crippen LogP contribution in [-0.2, 0) is 4.74 Å². The van der Waals surface area contributed by atoms with Gasteiger partial charge in [0, 0.05) is 19.6 Å². The lowest BCUT2D eigenvalue weighted by molar-refractivity contribution is -0.0870. The van der Waals surface area contributed by atoms with Crippen molar-refractivity contribution in [3.05, 3.63) is 0 Å². The minimum Gasteiger partial charge on any atom is -0.373 e. The summed E-state index contributed by atoms with van der Waals surface area (Å²) in [5, 5.41) is 0. The zero-order valence-corrected chi connectivity index (χ0v) is 9.05. The largest absolute Gasteiger partial charge is 0.373 e. The fraction of sp³-hybridized carbons (Fsp3) is 1.00. The molecule has 0 aromatic rings. The van der Waals surface area contributed by atoms with E-state index in [0.717, 1.165) is 31.5 Å². The molecule has 0 spiro atoms. The number of ether oxygens (including phenoxy) is 1. The van der Waals surface area contributed by atoms with E-state index in [-0.39, 0.29) is 5.60 Å². The lowest BCUT2D eigenvalue weighted by Crippen LogP contribution is -2.48. The molecule has 1 saturated heterocycles. The van der Waals surface area contributed by atoms with E-state index in [1.54, 1.807) is 0 Å². The average molecular weight is 183 g/mol. The maximum absolute atomic E-state index is 5.68. The highest BCUT2D eigenvalue weighted by Gasteiger charge is 2.36. The number of hydrogen-bond donors (Lipinski definition) is 0. The van der Waals surface area contributed by atoms with Crippen molar-refractivity contribution in [3.63, 3.8) is 0 Å². The highest BCUT2D eigenvalue weighted by atomic mass is 16.5. The van der Waals surface area contributed by atoms with Crippen LogP contribution in [0.3, 0.4) is 0 Å². The van der Waals surface area contributed by atoms with Crippen LogP contribution in [0, 0.1) is 11.8 Å². The Kier molecular flexibility index (Phi) is 2.37. The number of rotatable bonds is 2. The van der Waals surface area contributed by atoms with E-state index in [1.165, 1.54) is 13.0 Å². The highest BCUT2D eigenvalue weighted by molar-refractivity contribution is 4.88. The van der Waals surface area contributed by atoms with Crippen molar-refractivity contribution in [1.82, 2.24) is 4.90 Å². The zero-order chi connectivity index (χ0) is 9.47. The minimum atomic E-state index is 0.0797. The van der Waals surface area contributed by atoms with Gasteiger partial charge in [-0.3, -0.25) is 4.90 Å². The number of hydrogen-bond acceptors (Lipinski definition) is 2. The van der Waals surface area contributed by atoms with Crippen LogP contribution >= 0.6 is 0 Å². The van der Waals surface area contributed by atoms with Crippen molar-refractivity contribution in [1.29, 1.82) is 0 Å². The SMILES string of the molecule is CC1CC1CN1CCOC(C)(C)C1. The molecule has 1 aliphatic carbocycles. The topological polar surface area (TPSA) is 12.5 Å². The molecule has 76 valence electrons. The van der Waals surface area contributed by atoms with Crippen molar-refractivity contribution in [2.45, 2.75) is 32.8 Å². The second-order valence-corrected chi connectivity index (χ2v) is 5.32. The summed E-state index contributed by atoms with van der Waals surface area (Å²) in [4.78, 5) is 2.57. The van der Waals surface area contributed by atoms with Gasteiger partial charge in [0.05, 0.1) is 12.2 Å². The Labute approximate surface area is 81.3 Å². The Balaban J connectivity index is 1.79. The number of morpholine rings is 1. The Morgan fingerprint density at radius 1 is 1.46 bits per heavy atom. The lowest BCUT2D eigenvalue weighted by atomic mass is 10.1. The molecule has 1 aliphatic heterocycles. The van der Waals surface area contributed by atoms with Crippen LogP contribution < -0.4 is 0 Å². The molecule has 0 aromatic carbocycles. The average Bonchev–Trinajstić information content (AvgIpc) is 2.64. The molecule has 0 aromatic heterocycles.